The highest BCUT2D eigenvalue weighted by Gasteiger charge is 2.42. The van der Waals surface area contributed by atoms with Crippen LogP contribution in [-0.4, -0.2) is 6.04 Å². The van der Waals surface area contributed by atoms with Crippen molar-refractivity contribution in [3.63, 3.8) is 0 Å². The molecule has 21 heavy (non-hydrogen) atoms. The molecular formula is C17H16F2N2. The Morgan fingerprint density at radius 3 is 2.05 bits per heavy atom. The third kappa shape index (κ3) is 3.45. The monoisotopic (exact) mass is 286 g/mol. The molecule has 0 aromatic heterocycles. The molecule has 1 N–H and O–H groups in total. The maximum absolute atomic E-state index is 14.4. The van der Waals surface area contributed by atoms with E-state index in [1.54, 1.807) is 19.1 Å². The number of rotatable bonds is 5. The molecule has 0 fully saturated rings. The number of nitrogens with one attached hydrogen (secondary N) is 1. The summed E-state index contributed by atoms with van der Waals surface area (Å²) in [6.07, 6.45) is 0. The molecule has 0 amide bonds. The lowest BCUT2D eigenvalue weighted by Crippen LogP contribution is -2.43. The number of nitrogens with zero attached hydrogens (tertiary/aromatic N) is 1. The summed E-state index contributed by atoms with van der Waals surface area (Å²) >= 11 is 0. The molecule has 0 radical (unpaired) electrons. The average Bonchev–Trinajstić information content (AvgIpc) is 2.53. The summed E-state index contributed by atoms with van der Waals surface area (Å²) in [5.74, 6) is -3.25. The fourth-order valence-corrected chi connectivity index (χ4v) is 2.14. The van der Waals surface area contributed by atoms with Crippen LogP contribution < -0.4 is 5.32 Å². The molecule has 0 aliphatic carbocycles. The van der Waals surface area contributed by atoms with Crippen LogP contribution in [-0.2, 0) is 5.92 Å². The summed E-state index contributed by atoms with van der Waals surface area (Å²) < 4.78 is 28.8. The van der Waals surface area contributed by atoms with Gasteiger partial charge in [0.25, 0.3) is 0 Å². The molecule has 0 saturated carbocycles. The van der Waals surface area contributed by atoms with Crippen LogP contribution >= 0.6 is 0 Å². The SMILES string of the molecule is C[C@H](NC(C#N)C(F)(F)c1ccccc1)c1ccccc1. The zero-order chi connectivity index (χ0) is 15.3. The van der Waals surface area contributed by atoms with Gasteiger partial charge in [0, 0.05) is 11.6 Å². The Morgan fingerprint density at radius 2 is 1.52 bits per heavy atom. The molecule has 108 valence electrons. The maximum atomic E-state index is 14.4. The topological polar surface area (TPSA) is 35.8 Å². The van der Waals surface area contributed by atoms with Gasteiger partial charge in [-0.1, -0.05) is 60.7 Å². The Kier molecular flexibility index (Phi) is 4.66. The smallest absolute Gasteiger partial charge is 0.290 e. The van der Waals surface area contributed by atoms with Crippen LogP contribution in [0.5, 0.6) is 0 Å². The van der Waals surface area contributed by atoms with E-state index < -0.39 is 12.0 Å². The number of halogens is 2. The highest BCUT2D eigenvalue weighted by atomic mass is 19.3. The first-order valence-corrected chi connectivity index (χ1v) is 6.69. The standard InChI is InChI=1S/C17H16F2N2/c1-13(14-8-4-2-5-9-14)21-16(12-20)17(18,19)15-10-6-3-7-11-15/h2-11,13,16,21H,1H3/t13-,16?/m0/s1. The molecule has 2 aromatic rings. The van der Waals surface area contributed by atoms with E-state index in [1.807, 2.05) is 30.3 Å². The lowest BCUT2D eigenvalue weighted by Gasteiger charge is -2.26. The van der Waals surface area contributed by atoms with Crippen LogP contribution in [0.4, 0.5) is 8.78 Å². The van der Waals surface area contributed by atoms with Gasteiger partial charge in [-0.2, -0.15) is 14.0 Å². The van der Waals surface area contributed by atoms with Crippen LogP contribution in [0.25, 0.3) is 0 Å². The first-order valence-electron chi connectivity index (χ1n) is 6.69. The molecule has 1 unspecified atom stereocenters. The van der Waals surface area contributed by atoms with E-state index >= 15 is 0 Å². The minimum Gasteiger partial charge on any atom is -0.290 e. The van der Waals surface area contributed by atoms with Gasteiger partial charge in [0.2, 0.25) is 0 Å². The molecule has 0 aliphatic heterocycles. The van der Waals surface area contributed by atoms with Gasteiger partial charge in [0.1, 0.15) is 0 Å². The number of hydrogen-bond acceptors (Lipinski definition) is 2. The van der Waals surface area contributed by atoms with E-state index in [-0.39, 0.29) is 11.6 Å². The second kappa shape index (κ2) is 6.47. The van der Waals surface area contributed by atoms with Crippen molar-refractivity contribution >= 4 is 0 Å². The summed E-state index contributed by atoms with van der Waals surface area (Å²) in [6.45, 7) is 1.76. The van der Waals surface area contributed by atoms with E-state index in [0.717, 1.165) is 5.56 Å². The molecule has 0 bridgehead atoms. The largest absolute Gasteiger partial charge is 0.301 e. The third-order valence-corrected chi connectivity index (χ3v) is 3.37. The number of benzene rings is 2. The minimum atomic E-state index is -3.25. The zero-order valence-electron chi connectivity index (χ0n) is 11.6. The van der Waals surface area contributed by atoms with Crippen LogP contribution in [0.1, 0.15) is 24.1 Å². The Bertz CT molecular complexity index is 606. The Labute approximate surface area is 123 Å². The predicted octanol–water partition coefficient (Wildman–Crippen LogP) is 4.02. The molecule has 0 spiro atoms. The van der Waals surface area contributed by atoms with E-state index in [2.05, 4.69) is 5.32 Å². The van der Waals surface area contributed by atoms with Gasteiger partial charge in [0.05, 0.1) is 6.07 Å². The third-order valence-electron chi connectivity index (χ3n) is 3.37. The van der Waals surface area contributed by atoms with Crippen molar-refractivity contribution in [1.29, 1.82) is 5.26 Å². The molecule has 2 aromatic carbocycles. The van der Waals surface area contributed by atoms with Crippen molar-refractivity contribution in [3.05, 3.63) is 71.8 Å². The summed E-state index contributed by atoms with van der Waals surface area (Å²) in [7, 11) is 0. The summed E-state index contributed by atoms with van der Waals surface area (Å²) in [5, 5.41) is 11.8. The maximum Gasteiger partial charge on any atom is 0.301 e. The van der Waals surface area contributed by atoms with Gasteiger partial charge in [-0.05, 0) is 12.5 Å². The lowest BCUT2D eigenvalue weighted by molar-refractivity contribution is -0.0286. The van der Waals surface area contributed by atoms with E-state index in [9.17, 15) is 8.78 Å². The fourth-order valence-electron chi connectivity index (χ4n) is 2.14. The van der Waals surface area contributed by atoms with Gasteiger partial charge < -0.3 is 0 Å². The average molecular weight is 286 g/mol. The minimum absolute atomic E-state index is 0.163. The number of hydrogen-bond donors (Lipinski definition) is 1. The number of nitriles is 1. The fraction of sp³-hybridized carbons (Fsp3) is 0.235. The molecule has 2 atom stereocenters. The van der Waals surface area contributed by atoms with E-state index in [0.29, 0.717) is 0 Å². The summed E-state index contributed by atoms with van der Waals surface area (Å²) in [6, 6.07) is 16.4. The molecular weight excluding hydrogens is 270 g/mol. The Balaban J connectivity index is 2.19. The van der Waals surface area contributed by atoms with Crippen molar-refractivity contribution in [2.45, 2.75) is 24.9 Å². The summed E-state index contributed by atoms with van der Waals surface area (Å²) in [5.41, 5.74) is 0.700. The van der Waals surface area contributed by atoms with Crippen molar-refractivity contribution in [1.82, 2.24) is 5.32 Å². The first kappa shape index (κ1) is 15.1. The van der Waals surface area contributed by atoms with E-state index in [4.69, 9.17) is 5.26 Å². The van der Waals surface area contributed by atoms with Crippen LogP contribution in [0.15, 0.2) is 60.7 Å². The van der Waals surface area contributed by atoms with Crippen molar-refractivity contribution in [2.75, 3.05) is 0 Å². The second-order valence-electron chi connectivity index (χ2n) is 4.85. The van der Waals surface area contributed by atoms with Gasteiger partial charge >= 0.3 is 5.92 Å². The highest BCUT2D eigenvalue weighted by molar-refractivity contribution is 5.26. The Hall–Kier alpha value is -2.25. The van der Waals surface area contributed by atoms with Crippen molar-refractivity contribution < 1.29 is 8.78 Å². The number of alkyl halides is 2. The molecule has 0 saturated heterocycles. The highest BCUT2D eigenvalue weighted by Crippen LogP contribution is 2.32. The summed E-state index contributed by atoms with van der Waals surface area (Å²) in [4.78, 5) is 0. The molecule has 0 aliphatic rings. The van der Waals surface area contributed by atoms with Crippen LogP contribution in [0.2, 0.25) is 0 Å². The van der Waals surface area contributed by atoms with Crippen LogP contribution in [0, 0.1) is 11.3 Å². The molecule has 2 nitrogen and oxygen atoms in total. The molecule has 2 rings (SSSR count). The molecule has 0 heterocycles. The van der Waals surface area contributed by atoms with Gasteiger partial charge in [-0.25, -0.2) is 0 Å². The van der Waals surface area contributed by atoms with Crippen LogP contribution in [0.3, 0.4) is 0 Å². The second-order valence-corrected chi connectivity index (χ2v) is 4.85. The van der Waals surface area contributed by atoms with Gasteiger partial charge in [0.15, 0.2) is 6.04 Å². The zero-order valence-corrected chi connectivity index (χ0v) is 11.6. The normalized spacial score (nSPS) is 14.2. The quantitative estimate of drug-likeness (QED) is 0.901. The van der Waals surface area contributed by atoms with Gasteiger partial charge in [-0.15, -0.1) is 0 Å². The van der Waals surface area contributed by atoms with Crippen molar-refractivity contribution in [3.8, 4) is 6.07 Å². The van der Waals surface area contributed by atoms with Gasteiger partial charge in [-0.3, -0.25) is 5.32 Å². The Morgan fingerprint density at radius 1 is 1.00 bits per heavy atom. The predicted molar refractivity (Wildman–Crippen MR) is 77.7 cm³/mol. The first-order chi connectivity index (χ1) is 10.1. The molecule has 4 heteroatoms. The lowest BCUT2D eigenvalue weighted by atomic mass is 10.00. The van der Waals surface area contributed by atoms with Crippen molar-refractivity contribution in [2.24, 2.45) is 0 Å². The van der Waals surface area contributed by atoms with E-state index in [1.165, 1.54) is 24.3 Å².